The van der Waals surface area contributed by atoms with E-state index in [-0.39, 0.29) is 17.8 Å². The maximum absolute atomic E-state index is 11.2. The molecule has 4 nitrogen and oxygen atoms in total. The average Bonchev–Trinajstić information content (AvgIpc) is 2.42. The highest BCUT2D eigenvalue weighted by Gasteiger charge is 2.30. The van der Waals surface area contributed by atoms with Gasteiger partial charge in [-0.15, -0.1) is 0 Å². The van der Waals surface area contributed by atoms with Crippen molar-refractivity contribution < 1.29 is 19.4 Å². The first-order chi connectivity index (χ1) is 9.81. The van der Waals surface area contributed by atoms with Crippen LogP contribution in [-0.4, -0.2) is 17.0 Å². The van der Waals surface area contributed by atoms with Crippen LogP contribution in [0.25, 0.3) is 0 Å². The zero-order chi connectivity index (χ0) is 15.7. The first kappa shape index (κ1) is 15.5. The van der Waals surface area contributed by atoms with Crippen molar-refractivity contribution in [2.75, 3.05) is 0 Å². The third-order valence-electron chi connectivity index (χ3n) is 4.59. The Labute approximate surface area is 125 Å². The zero-order valence-corrected chi connectivity index (χ0v) is 13.0. The van der Waals surface area contributed by atoms with Gasteiger partial charge in [-0.1, -0.05) is 6.92 Å². The summed E-state index contributed by atoms with van der Waals surface area (Å²) in [6, 6.07) is 1.91. The number of carbonyl (C=O) groups is 2. The SMILES string of the molecule is CC(=O)Oc1cc(C)c2c(c1C)CC(C(C)C(=O)O)CC2. The van der Waals surface area contributed by atoms with Crippen molar-refractivity contribution in [3.63, 3.8) is 0 Å². The van der Waals surface area contributed by atoms with E-state index in [1.54, 1.807) is 6.92 Å². The molecule has 0 aromatic heterocycles. The topological polar surface area (TPSA) is 63.6 Å². The van der Waals surface area contributed by atoms with Crippen molar-refractivity contribution in [1.29, 1.82) is 0 Å². The Kier molecular flexibility index (Phi) is 4.35. The summed E-state index contributed by atoms with van der Waals surface area (Å²) in [4.78, 5) is 22.4. The molecule has 1 aliphatic carbocycles. The lowest BCUT2D eigenvalue weighted by molar-refractivity contribution is -0.143. The van der Waals surface area contributed by atoms with Gasteiger partial charge in [0.1, 0.15) is 5.75 Å². The summed E-state index contributed by atoms with van der Waals surface area (Å²) in [5.41, 5.74) is 4.54. The second-order valence-corrected chi connectivity index (χ2v) is 6.00. The van der Waals surface area contributed by atoms with Crippen LogP contribution in [0.3, 0.4) is 0 Å². The number of hydrogen-bond acceptors (Lipinski definition) is 3. The fourth-order valence-electron chi connectivity index (χ4n) is 3.21. The third-order valence-corrected chi connectivity index (χ3v) is 4.59. The predicted molar refractivity (Wildman–Crippen MR) is 79.5 cm³/mol. The highest BCUT2D eigenvalue weighted by atomic mass is 16.5. The van der Waals surface area contributed by atoms with E-state index in [0.717, 1.165) is 36.0 Å². The van der Waals surface area contributed by atoms with Gasteiger partial charge in [-0.25, -0.2) is 0 Å². The Bertz CT molecular complexity index is 589. The number of aryl methyl sites for hydroxylation is 1. The van der Waals surface area contributed by atoms with E-state index in [0.29, 0.717) is 5.75 Å². The van der Waals surface area contributed by atoms with E-state index in [1.165, 1.54) is 12.5 Å². The quantitative estimate of drug-likeness (QED) is 0.686. The highest BCUT2D eigenvalue weighted by molar-refractivity contribution is 5.71. The van der Waals surface area contributed by atoms with Crippen molar-refractivity contribution in [2.45, 2.75) is 47.0 Å². The third kappa shape index (κ3) is 3.09. The van der Waals surface area contributed by atoms with Crippen molar-refractivity contribution in [3.8, 4) is 5.75 Å². The van der Waals surface area contributed by atoms with Gasteiger partial charge in [0.15, 0.2) is 0 Å². The number of hydrogen-bond donors (Lipinski definition) is 1. The molecule has 0 fully saturated rings. The summed E-state index contributed by atoms with van der Waals surface area (Å²) < 4.78 is 5.28. The predicted octanol–water partition coefficient (Wildman–Crippen LogP) is 3.05. The normalized spacial score (nSPS) is 18.8. The van der Waals surface area contributed by atoms with Gasteiger partial charge in [0.25, 0.3) is 0 Å². The molecule has 0 heterocycles. The molecule has 2 unspecified atom stereocenters. The summed E-state index contributed by atoms with van der Waals surface area (Å²) in [5, 5.41) is 9.21. The maximum Gasteiger partial charge on any atom is 0.308 e. The molecule has 1 aromatic rings. The number of aliphatic carboxylic acids is 1. The molecule has 0 spiro atoms. The monoisotopic (exact) mass is 290 g/mol. The first-order valence-electron chi connectivity index (χ1n) is 7.34. The Morgan fingerprint density at radius 2 is 2.00 bits per heavy atom. The van der Waals surface area contributed by atoms with Crippen molar-refractivity contribution >= 4 is 11.9 Å². The number of carbonyl (C=O) groups excluding carboxylic acids is 1. The smallest absolute Gasteiger partial charge is 0.308 e. The molecule has 1 N–H and O–H groups in total. The van der Waals surface area contributed by atoms with Crippen molar-refractivity contribution in [1.82, 2.24) is 0 Å². The molecule has 0 amide bonds. The maximum atomic E-state index is 11.2. The van der Waals surface area contributed by atoms with Gasteiger partial charge in [0, 0.05) is 6.92 Å². The average molecular weight is 290 g/mol. The molecule has 114 valence electrons. The van der Waals surface area contributed by atoms with Crippen molar-refractivity contribution in [2.24, 2.45) is 11.8 Å². The van der Waals surface area contributed by atoms with Crippen molar-refractivity contribution in [3.05, 3.63) is 28.3 Å². The van der Waals surface area contributed by atoms with Crippen LogP contribution in [0.4, 0.5) is 0 Å². The highest BCUT2D eigenvalue weighted by Crippen LogP contribution is 2.37. The Balaban J connectivity index is 2.39. The van der Waals surface area contributed by atoms with Crippen LogP contribution in [0.5, 0.6) is 5.75 Å². The summed E-state index contributed by atoms with van der Waals surface area (Å²) in [6.07, 6.45) is 2.53. The molecule has 2 rings (SSSR count). The van der Waals surface area contributed by atoms with Crippen LogP contribution in [-0.2, 0) is 22.4 Å². The van der Waals surface area contributed by atoms with E-state index in [1.807, 2.05) is 19.9 Å². The molecule has 1 aromatic carbocycles. The summed E-state index contributed by atoms with van der Waals surface area (Å²) >= 11 is 0. The number of esters is 1. The lowest BCUT2D eigenvalue weighted by Crippen LogP contribution is -2.27. The summed E-state index contributed by atoms with van der Waals surface area (Å²) in [5.74, 6) is -0.684. The number of benzene rings is 1. The molecule has 0 aliphatic heterocycles. The largest absolute Gasteiger partial charge is 0.481 e. The van der Waals surface area contributed by atoms with Crippen LogP contribution in [0.2, 0.25) is 0 Å². The molecule has 2 atom stereocenters. The minimum atomic E-state index is -0.742. The number of rotatable bonds is 3. The Hall–Kier alpha value is -1.84. The van der Waals surface area contributed by atoms with Crippen LogP contribution in [0.15, 0.2) is 6.07 Å². The molecule has 0 radical (unpaired) electrons. The number of carboxylic acids is 1. The Morgan fingerprint density at radius 1 is 1.33 bits per heavy atom. The van der Waals surface area contributed by atoms with Gasteiger partial charge >= 0.3 is 11.9 Å². The number of fused-ring (bicyclic) bond motifs is 1. The standard InChI is InChI=1S/C17H22O4/c1-9-7-16(21-12(4)18)11(3)15-8-13(5-6-14(9)15)10(2)17(19)20/h7,10,13H,5-6,8H2,1-4H3,(H,19,20). The van der Waals surface area contributed by atoms with Gasteiger partial charge in [-0.3, -0.25) is 9.59 Å². The van der Waals surface area contributed by atoms with Gasteiger partial charge in [0.05, 0.1) is 5.92 Å². The Morgan fingerprint density at radius 3 is 2.57 bits per heavy atom. The second-order valence-electron chi connectivity index (χ2n) is 6.00. The van der Waals surface area contributed by atoms with E-state index in [9.17, 15) is 14.7 Å². The van der Waals surface area contributed by atoms with E-state index in [2.05, 4.69) is 0 Å². The van der Waals surface area contributed by atoms with Crippen LogP contribution >= 0.6 is 0 Å². The van der Waals surface area contributed by atoms with Gasteiger partial charge < -0.3 is 9.84 Å². The second kappa shape index (κ2) is 5.88. The number of carboxylic acid groups (broad SMARTS) is 1. The van der Waals surface area contributed by atoms with E-state index in [4.69, 9.17) is 4.74 Å². The van der Waals surface area contributed by atoms with Crippen LogP contribution in [0.1, 0.15) is 42.5 Å². The number of ether oxygens (including phenoxy) is 1. The molecule has 4 heteroatoms. The molecular weight excluding hydrogens is 268 g/mol. The van der Waals surface area contributed by atoms with E-state index < -0.39 is 5.97 Å². The van der Waals surface area contributed by atoms with Gasteiger partial charge in [0.2, 0.25) is 0 Å². The van der Waals surface area contributed by atoms with Crippen LogP contribution < -0.4 is 4.74 Å². The fourth-order valence-corrected chi connectivity index (χ4v) is 3.21. The molecule has 0 bridgehead atoms. The van der Waals surface area contributed by atoms with Gasteiger partial charge in [-0.2, -0.15) is 0 Å². The fraction of sp³-hybridized carbons (Fsp3) is 0.529. The molecule has 0 saturated carbocycles. The molecule has 0 saturated heterocycles. The minimum Gasteiger partial charge on any atom is -0.481 e. The molecule has 21 heavy (non-hydrogen) atoms. The summed E-state index contributed by atoms with van der Waals surface area (Å²) in [6.45, 7) is 7.14. The summed E-state index contributed by atoms with van der Waals surface area (Å²) in [7, 11) is 0. The zero-order valence-electron chi connectivity index (χ0n) is 13.0. The van der Waals surface area contributed by atoms with Gasteiger partial charge in [-0.05, 0) is 67.3 Å². The lowest BCUT2D eigenvalue weighted by Gasteiger charge is -2.30. The first-order valence-corrected chi connectivity index (χ1v) is 7.34. The van der Waals surface area contributed by atoms with E-state index >= 15 is 0 Å². The molecular formula is C17H22O4. The lowest BCUT2D eigenvalue weighted by atomic mass is 9.75. The van der Waals surface area contributed by atoms with Crippen LogP contribution in [0, 0.1) is 25.7 Å². The minimum absolute atomic E-state index is 0.140. The molecule has 1 aliphatic rings.